The number of methoxy groups -OCH3 is 1. The number of nitrogens with zero attached hydrogens (tertiary/aromatic N) is 2. The molecule has 0 aliphatic carbocycles. The maximum Gasteiger partial charge on any atom is 0.397 e. The van der Waals surface area contributed by atoms with Crippen LogP contribution in [-0.4, -0.2) is 29.8 Å². The Morgan fingerprint density at radius 2 is 2.26 bits per heavy atom. The number of hydrogen-bond acceptors (Lipinski definition) is 6. The number of aromatic nitrogens is 2. The smallest absolute Gasteiger partial charge is 0.397 e. The summed E-state index contributed by atoms with van der Waals surface area (Å²) in [6.45, 7) is 1.95. The number of benzene rings is 1. The minimum Gasteiger partial charge on any atom is -0.496 e. The quantitative estimate of drug-likeness (QED) is 0.804. The van der Waals surface area contributed by atoms with Crippen molar-refractivity contribution in [1.82, 2.24) is 10.1 Å². The highest BCUT2D eigenvalue weighted by Crippen LogP contribution is 2.30. The molecular formula is C12H11BrN2O4. The van der Waals surface area contributed by atoms with Gasteiger partial charge in [0, 0.05) is 4.47 Å². The van der Waals surface area contributed by atoms with Crippen LogP contribution in [0, 0.1) is 0 Å². The third kappa shape index (κ3) is 2.93. The van der Waals surface area contributed by atoms with E-state index in [-0.39, 0.29) is 18.3 Å². The summed E-state index contributed by atoms with van der Waals surface area (Å²) in [5.41, 5.74) is 0.630. The zero-order valence-corrected chi connectivity index (χ0v) is 11.9. The maximum absolute atomic E-state index is 11.4. The fraction of sp³-hybridized carbons (Fsp3) is 0.250. The second-order valence-electron chi connectivity index (χ2n) is 3.49. The van der Waals surface area contributed by atoms with E-state index in [0.29, 0.717) is 11.3 Å². The van der Waals surface area contributed by atoms with Crippen LogP contribution in [0.25, 0.3) is 11.4 Å². The van der Waals surface area contributed by atoms with Gasteiger partial charge in [-0.25, -0.2) is 4.79 Å². The number of rotatable bonds is 4. The summed E-state index contributed by atoms with van der Waals surface area (Å²) in [6.07, 6.45) is 0. The second kappa shape index (κ2) is 5.83. The first-order valence-corrected chi connectivity index (χ1v) is 6.29. The summed E-state index contributed by atoms with van der Waals surface area (Å²) in [7, 11) is 1.54. The van der Waals surface area contributed by atoms with Crippen molar-refractivity contribution < 1.29 is 18.8 Å². The van der Waals surface area contributed by atoms with Crippen molar-refractivity contribution in [2.75, 3.05) is 13.7 Å². The van der Waals surface area contributed by atoms with Crippen molar-refractivity contribution in [3.63, 3.8) is 0 Å². The Morgan fingerprint density at radius 3 is 2.95 bits per heavy atom. The molecule has 0 bridgehead atoms. The Kier molecular flexibility index (Phi) is 4.16. The molecule has 0 unspecified atom stereocenters. The van der Waals surface area contributed by atoms with E-state index in [0.717, 1.165) is 4.47 Å². The molecule has 1 aromatic carbocycles. The molecular weight excluding hydrogens is 316 g/mol. The normalized spacial score (nSPS) is 10.3. The summed E-state index contributed by atoms with van der Waals surface area (Å²) in [5, 5.41) is 3.75. The van der Waals surface area contributed by atoms with E-state index in [1.54, 1.807) is 19.1 Å². The van der Waals surface area contributed by atoms with E-state index >= 15 is 0 Å². The van der Waals surface area contributed by atoms with Gasteiger partial charge in [-0.05, 0) is 25.1 Å². The number of carbonyl (C=O) groups excluding carboxylic acids is 1. The predicted molar refractivity (Wildman–Crippen MR) is 69.9 cm³/mol. The van der Waals surface area contributed by atoms with Gasteiger partial charge in [-0.3, -0.25) is 0 Å². The molecule has 0 atom stereocenters. The van der Waals surface area contributed by atoms with Crippen molar-refractivity contribution in [3.05, 3.63) is 28.6 Å². The van der Waals surface area contributed by atoms with Crippen molar-refractivity contribution in [2.45, 2.75) is 6.92 Å². The molecule has 0 amide bonds. The van der Waals surface area contributed by atoms with E-state index in [1.807, 2.05) is 6.07 Å². The summed E-state index contributed by atoms with van der Waals surface area (Å²) < 4.78 is 15.7. The lowest BCUT2D eigenvalue weighted by molar-refractivity contribution is 0.0470. The number of carbonyl (C=O) groups is 1. The first-order valence-electron chi connectivity index (χ1n) is 5.50. The van der Waals surface area contributed by atoms with Gasteiger partial charge in [0.1, 0.15) is 5.75 Å². The Balaban J connectivity index is 2.35. The van der Waals surface area contributed by atoms with Gasteiger partial charge in [0.15, 0.2) is 0 Å². The van der Waals surface area contributed by atoms with Crippen LogP contribution in [0.2, 0.25) is 0 Å². The molecule has 1 heterocycles. The Labute approximate surface area is 117 Å². The van der Waals surface area contributed by atoms with E-state index in [1.165, 1.54) is 7.11 Å². The van der Waals surface area contributed by atoms with Crippen LogP contribution in [0.1, 0.15) is 17.6 Å². The van der Waals surface area contributed by atoms with Crippen LogP contribution in [-0.2, 0) is 4.74 Å². The van der Waals surface area contributed by atoms with E-state index in [2.05, 4.69) is 26.1 Å². The summed E-state index contributed by atoms with van der Waals surface area (Å²) in [4.78, 5) is 15.4. The van der Waals surface area contributed by atoms with Gasteiger partial charge >= 0.3 is 11.9 Å². The van der Waals surface area contributed by atoms with E-state index in [9.17, 15) is 4.79 Å². The van der Waals surface area contributed by atoms with Crippen LogP contribution in [0.15, 0.2) is 27.2 Å². The molecule has 0 N–H and O–H groups in total. The highest BCUT2D eigenvalue weighted by molar-refractivity contribution is 9.10. The molecule has 0 aliphatic heterocycles. The lowest BCUT2D eigenvalue weighted by atomic mass is 10.2. The molecule has 6 nitrogen and oxygen atoms in total. The number of halogens is 1. The number of esters is 1. The first kappa shape index (κ1) is 13.5. The molecule has 0 saturated carbocycles. The van der Waals surface area contributed by atoms with Gasteiger partial charge < -0.3 is 14.0 Å². The molecule has 2 aromatic rings. The van der Waals surface area contributed by atoms with Gasteiger partial charge in [-0.1, -0.05) is 21.1 Å². The van der Waals surface area contributed by atoms with E-state index in [4.69, 9.17) is 14.0 Å². The van der Waals surface area contributed by atoms with Gasteiger partial charge in [-0.15, -0.1) is 0 Å². The molecule has 100 valence electrons. The number of hydrogen-bond donors (Lipinski definition) is 0. The fourth-order valence-corrected chi connectivity index (χ4v) is 1.80. The zero-order valence-electron chi connectivity index (χ0n) is 10.3. The molecule has 0 radical (unpaired) electrons. The molecule has 0 fully saturated rings. The topological polar surface area (TPSA) is 74.5 Å². The van der Waals surface area contributed by atoms with Gasteiger partial charge in [0.25, 0.3) is 0 Å². The molecule has 2 rings (SSSR count). The highest BCUT2D eigenvalue weighted by atomic mass is 79.9. The summed E-state index contributed by atoms with van der Waals surface area (Å²) in [6, 6.07) is 5.36. The average Bonchev–Trinajstić information content (AvgIpc) is 2.88. The van der Waals surface area contributed by atoms with Crippen molar-refractivity contribution >= 4 is 21.9 Å². The SMILES string of the molecule is CCOC(=O)c1nc(-c2ccc(Br)cc2OC)no1. The summed E-state index contributed by atoms with van der Waals surface area (Å²) in [5.74, 6) is 0.0251. The maximum atomic E-state index is 11.4. The van der Waals surface area contributed by atoms with Crippen LogP contribution < -0.4 is 4.74 Å². The monoisotopic (exact) mass is 326 g/mol. The van der Waals surface area contributed by atoms with Gasteiger partial charge in [0.05, 0.1) is 19.3 Å². The largest absolute Gasteiger partial charge is 0.496 e. The predicted octanol–water partition coefficient (Wildman–Crippen LogP) is 2.68. The third-order valence-corrected chi connectivity index (χ3v) is 2.77. The lowest BCUT2D eigenvalue weighted by Crippen LogP contribution is -2.04. The average molecular weight is 327 g/mol. The zero-order chi connectivity index (χ0) is 13.8. The standard InChI is InChI=1S/C12H11BrN2O4/c1-3-18-12(16)11-14-10(15-19-11)8-5-4-7(13)6-9(8)17-2/h4-6H,3H2,1-2H3. The molecule has 7 heteroatoms. The van der Waals surface area contributed by atoms with Crippen molar-refractivity contribution in [1.29, 1.82) is 0 Å². The minimum atomic E-state index is -0.641. The Hall–Kier alpha value is -1.89. The second-order valence-corrected chi connectivity index (χ2v) is 4.40. The van der Waals surface area contributed by atoms with E-state index < -0.39 is 5.97 Å². The van der Waals surface area contributed by atoms with Crippen LogP contribution in [0.5, 0.6) is 5.75 Å². The fourth-order valence-electron chi connectivity index (χ4n) is 1.46. The molecule has 19 heavy (non-hydrogen) atoms. The van der Waals surface area contributed by atoms with Crippen molar-refractivity contribution in [3.8, 4) is 17.1 Å². The molecule has 0 aliphatic rings. The molecule has 0 saturated heterocycles. The van der Waals surface area contributed by atoms with Crippen LogP contribution >= 0.6 is 15.9 Å². The molecule has 1 aromatic heterocycles. The first-order chi connectivity index (χ1) is 9.15. The Morgan fingerprint density at radius 1 is 1.47 bits per heavy atom. The minimum absolute atomic E-state index is 0.179. The molecule has 0 spiro atoms. The summed E-state index contributed by atoms with van der Waals surface area (Å²) >= 11 is 3.34. The third-order valence-electron chi connectivity index (χ3n) is 2.28. The Bertz CT molecular complexity index is 597. The van der Waals surface area contributed by atoms with Crippen LogP contribution in [0.4, 0.5) is 0 Å². The van der Waals surface area contributed by atoms with Crippen molar-refractivity contribution in [2.24, 2.45) is 0 Å². The highest BCUT2D eigenvalue weighted by Gasteiger charge is 2.19. The van der Waals surface area contributed by atoms with Gasteiger partial charge in [-0.2, -0.15) is 4.98 Å². The van der Waals surface area contributed by atoms with Gasteiger partial charge in [0.2, 0.25) is 5.82 Å². The number of ether oxygens (including phenoxy) is 2. The lowest BCUT2D eigenvalue weighted by Gasteiger charge is -2.04. The van der Waals surface area contributed by atoms with Crippen LogP contribution in [0.3, 0.4) is 0 Å².